The monoisotopic (exact) mass is 538 g/mol. The standard InChI is InChI=1S/C25H38N4O7S/c1-4-15(2)21(26)24(34)27-17(10-11-20(30)31)22(32)29-19(14-16-8-6-5-7-9-16)23(33)28-18(25(35)36)12-13-37-3/h5-9,15,17-19,21H,4,10-14,26H2,1-3H3,(H,27,34)(H,28,33)(H,29,32)(H,30,31)(H,35,36). The lowest BCUT2D eigenvalue weighted by atomic mass is 9.98. The van der Waals surface area contributed by atoms with Gasteiger partial charge in [-0.2, -0.15) is 11.8 Å². The first-order chi connectivity index (χ1) is 17.5. The number of rotatable bonds is 17. The predicted molar refractivity (Wildman–Crippen MR) is 141 cm³/mol. The number of carbonyl (C=O) groups is 5. The van der Waals surface area contributed by atoms with E-state index in [0.717, 1.165) is 0 Å². The molecule has 5 atom stereocenters. The molecular formula is C25H38N4O7S. The van der Waals surface area contributed by atoms with Crippen molar-refractivity contribution < 1.29 is 34.2 Å². The molecular weight excluding hydrogens is 500 g/mol. The molecule has 206 valence electrons. The van der Waals surface area contributed by atoms with E-state index < -0.39 is 60.2 Å². The van der Waals surface area contributed by atoms with Crippen LogP contribution >= 0.6 is 11.8 Å². The summed E-state index contributed by atoms with van der Waals surface area (Å²) in [5.41, 5.74) is 6.68. The fraction of sp³-hybridized carbons (Fsp3) is 0.560. The molecule has 0 spiro atoms. The van der Waals surface area contributed by atoms with Crippen molar-refractivity contribution in [1.82, 2.24) is 16.0 Å². The minimum Gasteiger partial charge on any atom is -0.481 e. The van der Waals surface area contributed by atoms with Crippen LogP contribution in [-0.4, -0.2) is 76.0 Å². The molecule has 0 saturated heterocycles. The van der Waals surface area contributed by atoms with Crippen LogP contribution in [0.3, 0.4) is 0 Å². The number of carboxylic acid groups (broad SMARTS) is 2. The average molecular weight is 539 g/mol. The van der Waals surface area contributed by atoms with Crippen LogP contribution in [0.25, 0.3) is 0 Å². The highest BCUT2D eigenvalue weighted by Gasteiger charge is 2.31. The van der Waals surface area contributed by atoms with Crippen LogP contribution in [0, 0.1) is 5.92 Å². The molecule has 1 rings (SSSR count). The maximum Gasteiger partial charge on any atom is 0.326 e. The third-order valence-corrected chi connectivity index (χ3v) is 6.62. The molecule has 37 heavy (non-hydrogen) atoms. The van der Waals surface area contributed by atoms with Crippen LogP contribution in [-0.2, 0) is 30.4 Å². The number of aliphatic carboxylic acids is 2. The zero-order valence-corrected chi connectivity index (χ0v) is 22.3. The Morgan fingerprint density at radius 1 is 0.892 bits per heavy atom. The van der Waals surface area contributed by atoms with Crippen LogP contribution in [0.5, 0.6) is 0 Å². The highest BCUT2D eigenvalue weighted by Crippen LogP contribution is 2.09. The van der Waals surface area contributed by atoms with Crippen molar-refractivity contribution in [3.05, 3.63) is 35.9 Å². The van der Waals surface area contributed by atoms with Crippen molar-refractivity contribution in [3.63, 3.8) is 0 Å². The lowest BCUT2D eigenvalue weighted by molar-refractivity contribution is -0.142. The fourth-order valence-corrected chi connectivity index (χ4v) is 3.89. The molecule has 11 nitrogen and oxygen atoms in total. The quantitative estimate of drug-likeness (QED) is 0.166. The molecule has 5 unspecified atom stereocenters. The molecule has 0 aliphatic heterocycles. The summed E-state index contributed by atoms with van der Waals surface area (Å²) < 4.78 is 0. The van der Waals surface area contributed by atoms with Crippen LogP contribution in [0.4, 0.5) is 0 Å². The number of nitrogens with two attached hydrogens (primary N) is 1. The number of carboxylic acids is 2. The molecule has 3 amide bonds. The highest BCUT2D eigenvalue weighted by molar-refractivity contribution is 7.98. The summed E-state index contributed by atoms with van der Waals surface area (Å²) in [7, 11) is 0. The van der Waals surface area contributed by atoms with Crippen molar-refractivity contribution in [2.75, 3.05) is 12.0 Å². The summed E-state index contributed by atoms with van der Waals surface area (Å²) in [4.78, 5) is 61.7. The number of carbonyl (C=O) groups excluding carboxylic acids is 3. The minimum absolute atomic E-state index is 0.0548. The number of amides is 3. The first-order valence-corrected chi connectivity index (χ1v) is 13.5. The molecule has 12 heteroatoms. The fourth-order valence-electron chi connectivity index (χ4n) is 3.41. The Morgan fingerprint density at radius 3 is 2.00 bits per heavy atom. The van der Waals surface area contributed by atoms with Gasteiger partial charge in [0.05, 0.1) is 6.04 Å². The second kappa shape index (κ2) is 16.6. The third kappa shape index (κ3) is 11.6. The molecule has 0 radical (unpaired) electrons. The summed E-state index contributed by atoms with van der Waals surface area (Å²) in [5, 5.41) is 26.2. The van der Waals surface area contributed by atoms with Gasteiger partial charge in [-0.15, -0.1) is 0 Å². The van der Waals surface area contributed by atoms with Crippen molar-refractivity contribution in [2.45, 2.75) is 70.1 Å². The number of hydrogen-bond acceptors (Lipinski definition) is 7. The third-order valence-electron chi connectivity index (χ3n) is 5.98. The molecule has 0 aliphatic rings. The Kier molecular flexibility index (Phi) is 14.3. The maximum absolute atomic E-state index is 13.2. The Bertz CT molecular complexity index is 916. The van der Waals surface area contributed by atoms with E-state index in [1.165, 1.54) is 11.8 Å². The minimum atomic E-state index is -1.25. The second-order valence-corrected chi connectivity index (χ2v) is 9.82. The van der Waals surface area contributed by atoms with Crippen molar-refractivity contribution >= 4 is 41.4 Å². The summed E-state index contributed by atoms with van der Waals surface area (Å²) >= 11 is 1.44. The van der Waals surface area contributed by atoms with Gasteiger partial charge in [0.25, 0.3) is 0 Å². The normalized spacial score (nSPS) is 14.9. The zero-order valence-electron chi connectivity index (χ0n) is 21.4. The van der Waals surface area contributed by atoms with Gasteiger partial charge in [0.2, 0.25) is 17.7 Å². The smallest absolute Gasteiger partial charge is 0.326 e. The van der Waals surface area contributed by atoms with E-state index in [2.05, 4.69) is 16.0 Å². The number of nitrogens with one attached hydrogen (secondary N) is 3. The molecule has 0 bridgehead atoms. The molecule has 0 aliphatic carbocycles. The van der Waals surface area contributed by atoms with E-state index in [4.69, 9.17) is 10.8 Å². The summed E-state index contributed by atoms with van der Waals surface area (Å²) in [6.07, 6.45) is 2.07. The Balaban J connectivity index is 3.14. The predicted octanol–water partition coefficient (Wildman–Crippen LogP) is 0.759. The Morgan fingerprint density at radius 2 is 1.46 bits per heavy atom. The van der Waals surface area contributed by atoms with E-state index >= 15 is 0 Å². The van der Waals surface area contributed by atoms with E-state index in [0.29, 0.717) is 17.7 Å². The van der Waals surface area contributed by atoms with Crippen molar-refractivity contribution in [2.24, 2.45) is 11.7 Å². The Labute approximate surface area is 221 Å². The van der Waals surface area contributed by atoms with Gasteiger partial charge in [-0.1, -0.05) is 50.6 Å². The van der Waals surface area contributed by atoms with Gasteiger partial charge >= 0.3 is 11.9 Å². The number of thioether (sulfide) groups is 1. The highest BCUT2D eigenvalue weighted by atomic mass is 32.2. The van der Waals surface area contributed by atoms with Gasteiger partial charge in [0.15, 0.2) is 0 Å². The molecule has 0 saturated carbocycles. The van der Waals surface area contributed by atoms with Crippen LogP contribution < -0.4 is 21.7 Å². The molecule has 0 heterocycles. The lowest BCUT2D eigenvalue weighted by Gasteiger charge is -2.26. The van der Waals surface area contributed by atoms with Crippen LogP contribution in [0.15, 0.2) is 30.3 Å². The van der Waals surface area contributed by atoms with E-state index in [-0.39, 0.29) is 25.2 Å². The molecule has 7 N–H and O–H groups in total. The van der Waals surface area contributed by atoms with Gasteiger partial charge in [-0.05, 0) is 36.3 Å². The summed E-state index contributed by atoms with van der Waals surface area (Å²) in [5.74, 6) is -4.09. The maximum atomic E-state index is 13.2. The van der Waals surface area contributed by atoms with Crippen molar-refractivity contribution in [1.29, 1.82) is 0 Å². The summed E-state index contributed by atoms with van der Waals surface area (Å²) in [6, 6.07) is 4.35. The van der Waals surface area contributed by atoms with Crippen LogP contribution in [0.2, 0.25) is 0 Å². The topological polar surface area (TPSA) is 188 Å². The Hall–Kier alpha value is -3.12. The average Bonchev–Trinajstić information content (AvgIpc) is 2.87. The van der Waals surface area contributed by atoms with Gasteiger partial charge in [-0.3, -0.25) is 19.2 Å². The zero-order chi connectivity index (χ0) is 28.0. The first-order valence-electron chi connectivity index (χ1n) is 12.1. The first kappa shape index (κ1) is 31.9. The molecule has 1 aromatic rings. The van der Waals surface area contributed by atoms with Gasteiger partial charge in [-0.25, -0.2) is 4.79 Å². The summed E-state index contributed by atoms with van der Waals surface area (Å²) in [6.45, 7) is 3.65. The molecule has 0 aromatic heterocycles. The van der Waals surface area contributed by atoms with Gasteiger partial charge in [0.1, 0.15) is 18.1 Å². The second-order valence-electron chi connectivity index (χ2n) is 8.84. The van der Waals surface area contributed by atoms with E-state index in [1.54, 1.807) is 37.3 Å². The number of benzene rings is 1. The lowest BCUT2D eigenvalue weighted by Crippen LogP contribution is -2.58. The molecule has 1 aromatic carbocycles. The SMILES string of the molecule is CCC(C)C(N)C(=O)NC(CCC(=O)O)C(=O)NC(Cc1ccccc1)C(=O)NC(CCSC)C(=O)O. The largest absolute Gasteiger partial charge is 0.481 e. The van der Waals surface area contributed by atoms with Gasteiger partial charge < -0.3 is 31.9 Å². The van der Waals surface area contributed by atoms with Crippen LogP contribution in [0.1, 0.15) is 45.1 Å². The van der Waals surface area contributed by atoms with Crippen molar-refractivity contribution in [3.8, 4) is 0 Å². The van der Waals surface area contributed by atoms with Gasteiger partial charge in [0, 0.05) is 12.8 Å². The number of hydrogen-bond donors (Lipinski definition) is 6. The van der Waals surface area contributed by atoms with E-state index in [1.807, 2.05) is 13.2 Å². The van der Waals surface area contributed by atoms with E-state index in [9.17, 15) is 29.1 Å². The molecule has 0 fully saturated rings.